The minimum absolute atomic E-state index is 0.194. The van der Waals surface area contributed by atoms with E-state index in [1.807, 2.05) is 0 Å². The van der Waals surface area contributed by atoms with Crippen molar-refractivity contribution in [2.75, 3.05) is 0 Å². The average Bonchev–Trinajstić information content (AvgIpc) is 2.95. The second-order valence-electron chi connectivity index (χ2n) is 5.54. The molecule has 3 rings (SSSR count). The third-order valence-electron chi connectivity index (χ3n) is 3.95. The summed E-state index contributed by atoms with van der Waals surface area (Å²) < 4.78 is 27.9. The number of benzene rings is 2. The quantitative estimate of drug-likeness (QED) is 0.667. The zero-order valence-electron chi connectivity index (χ0n) is 13.5. The van der Waals surface area contributed by atoms with Crippen molar-refractivity contribution in [3.63, 3.8) is 0 Å². The molecule has 26 heavy (non-hydrogen) atoms. The van der Waals surface area contributed by atoms with Crippen molar-refractivity contribution in [1.29, 1.82) is 0 Å². The molecule has 1 heterocycles. The lowest BCUT2D eigenvalue weighted by atomic mass is 9.95. The maximum Gasteiger partial charge on any atom is 0.282 e. The highest BCUT2D eigenvalue weighted by Gasteiger charge is 2.28. The van der Waals surface area contributed by atoms with Crippen LogP contribution in [0.25, 0.3) is 22.4 Å². The number of hydrogen-bond acceptors (Lipinski definition) is 2. The number of aryl methyl sites for hydroxylation is 1. The lowest BCUT2D eigenvalue weighted by Gasteiger charge is -2.13. The summed E-state index contributed by atoms with van der Waals surface area (Å²) in [6, 6.07) is 12.0. The van der Waals surface area contributed by atoms with Crippen molar-refractivity contribution in [1.82, 2.24) is 9.78 Å². The highest BCUT2D eigenvalue weighted by Crippen LogP contribution is 2.40. The minimum Gasteiger partial charge on any atom is -0.365 e. The molecule has 0 atom stereocenters. The normalized spacial score (nSPS) is 11.2. The Hall–Kier alpha value is -2.44. The predicted octanol–water partition coefficient (Wildman–Crippen LogP) is 5.10. The lowest BCUT2D eigenvalue weighted by molar-refractivity contribution is 0.0985. The number of hydrogen-bond donors (Lipinski definition) is 1. The van der Waals surface area contributed by atoms with Crippen LogP contribution >= 0.6 is 23.2 Å². The second-order valence-corrected chi connectivity index (χ2v) is 6.33. The summed E-state index contributed by atoms with van der Waals surface area (Å²) in [5.74, 6) is -0.976. The largest absolute Gasteiger partial charge is 0.365 e. The van der Waals surface area contributed by atoms with Crippen molar-refractivity contribution < 1.29 is 13.6 Å². The summed E-state index contributed by atoms with van der Waals surface area (Å²) in [6.07, 6.45) is -2.93. The van der Waals surface area contributed by atoms with Crippen LogP contribution < -0.4 is 5.73 Å². The smallest absolute Gasteiger partial charge is 0.282 e. The van der Waals surface area contributed by atoms with Gasteiger partial charge < -0.3 is 5.73 Å². The van der Waals surface area contributed by atoms with E-state index in [4.69, 9.17) is 28.9 Å². The Labute approximate surface area is 158 Å². The van der Waals surface area contributed by atoms with Gasteiger partial charge in [-0.15, -0.1) is 0 Å². The van der Waals surface area contributed by atoms with Crippen molar-refractivity contribution in [3.8, 4) is 22.4 Å². The van der Waals surface area contributed by atoms with Gasteiger partial charge in [0.05, 0.1) is 21.3 Å². The van der Waals surface area contributed by atoms with Gasteiger partial charge in [-0.05, 0) is 11.6 Å². The summed E-state index contributed by atoms with van der Waals surface area (Å²) in [7, 11) is 1.48. The van der Waals surface area contributed by atoms with Gasteiger partial charge in [-0.1, -0.05) is 59.6 Å². The molecule has 3 aromatic rings. The molecule has 0 spiro atoms. The topological polar surface area (TPSA) is 60.9 Å². The van der Waals surface area contributed by atoms with Gasteiger partial charge in [-0.2, -0.15) is 5.10 Å². The number of halogens is 4. The van der Waals surface area contributed by atoms with E-state index in [1.54, 1.807) is 42.5 Å². The van der Waals surface area contributed by atoms with E-state index in [0.29, 0.717) is 26.7 Å². The summed E-state index contributed by atoms with van der Waals surface area (Å²) >= 11 is 12.4. The van der Waals surface area contributed by atoms with E-state index in [-0.39, 0.29) is 11.3 Å². The number of aromatic nitrogens is 2. The monoisotopic (exact) mass is 395 g/mol. The fourth-order valence-electron chi connectivity index (χ4n) is 2.89. The third kappa shape index (κ3) is 3.06. The Morgan fingerprint density at radius 1 is 1.08 bits per heavy atom. The van der Waals surface area contributed by atoms with Crippen LogP contribution in [0.1, 0.15) is 22.5 Å². The highest BCUT2D eigenvalue weighted by molar-refractivity contribution is 6.43. The van der Waals surface area contributed by atoms with Gasteiger partial charge in [0.25, 0.3) is 12.3 Å². The first-order valence-electron chi connectivity index (χ1n) is 7.51. The van der Waals surface area contributed by atoms with Crippen molar-refractivity contribution in [2.45, 2.75) is 6.43 Å². The summed E-state index contributed by atoms with van der Waals surface area (Å²) in [6.45, 7) is 0. The average molecular weight is 396 g/mol. The molecule has 1 amide bonds. The highest BCUT2D eigenvalue weighted by atomic mass is 35.5. The van der Waals surface area contributed by atoms with Crippen LogP contribution in [0.15, 0.2) is 42.5 Å². The number of amides is 1. The number of primary amides is 1. The second kappa shape index (κ2) is 7.05. The molecule has 4 nitrogen and oxygen atoms in total. The molecule has 0 radical (unpaired) electrons. The summed E-state index contributed by atoms with van der Waals surface area (Å²) in [5, 5.41) is 4.46. The number of nitrogens with two attached hydrogens (primary N) is 1. The molecule has 2 N–H and O–H groups in total. The standard InChI is InChI=1S/C18H13Cl2F2N3O/c1-25-16(13(18(23)26)15(24-25)17(21)22)11-6-3-2-5-9(11)10-7-4-8-12(19)14(10)20/h2-8,17H,1H3,(H2,23,26). The molecular formula is C18H13Cl2F2N3O. The molecule has 0 unspecified atom stereocenters. The molecule has 134 valence electrons. The van der Waals surface area contributed by atoms with Crippen molar-refractivity contribution in [3.05, 3.63) is 63.8 Å². The van der Waals surface area contributed by atoms with Gasteiger partial charge in [-0.25, -0.2) is 8.78 Å². The maximum atomic E-state index is 13.3. The molecule has 0 aliphatic carbocycles. The van der Waals surface area contributed by atoms with E-state index < -0.39 is 18.0 Å². The van der Waals surface area contributed by atoms with Crippen LogP contribution in [0.5, 0.6) is 0 Å². The molecule has 0 saturated heterocycles. The number of carbonyl (C=O) groups excluding carboxylic acids is 1. The number of nitrogens with zero attached hydrogens (tertiary/aromatic N) is 2. The Morgan fingerprint density at radius 3 is 2.31 bits per heavy atom. The first-order chi connectivity index (χ1) is 12.3. The Morgan fingerprint density at radius 2 is 1.69 bits per heavy atom. The first kappa shape index (κ1) is 18.4. The van der Waals surface area contributed by atoms with Gasteiger partial charge >= 0.3 is 0 Å². The zero-order chi connectivity index (χ0) is 19.0. The Bertz CT molecular complexity index is 1000. The van der Waals surface area contributed by atoms with Crippen LogP contribution in [0.3, 0.4) is 0 Å². The van der Waals surface area contributed by atoms with Crippen LogP contribution in [0.2, 0.25) is 10.0 Å². The summed E-state index contributed by atoms with van der Waals surface area (Å²) in [5.41, 5.74) is 6.32. The van der Waals surface area contributed by atoms with Gasteiger partial charge in [0, 0.05) is 18.2 Å². The Kier molecular flexibility index (Phi) is 4.98. The molecule has 8 heteroatoms. The molecule has 0 aliphatic rings. The fourth-order valence-corrected chi connectivity index (χ4v) is 3.29. The number of rotatable bonds is 4. The molecule has 0 bridgehead atoms. The van der Waals surface area contributed by atoms with E-state index in [2.05, 4.69) is 5.10 Å². The predicted molar refractivity (Wildman–Crippen MR) is 97.6 cm³/mol. The first-order valence-corrected chi connectivity index (χ1v) is 8.27. The van der Waals surface area contributed by atoms with E-state index in [0.717, 1.165) is 0 Å². The van der Waals surface area contributed by atoms with Crippen molar-refractivity contribution in [2.24, 2.45) is 12.8 Å². The summed E-state index contributed by atoms with van der Waals surface area (Å²) in [4.78, 5) is 11.9. The molecule has 0 aliphatic heterocycles. The zero-order valence-corrected chi connectivity index (χ0v) is 15.0. The van der Waals surface area contributed by atoms with E-state index in [9.17, 15) is 13.6 Å². The molecular weight excluding hydrogens is 383 g/mol. The number of carbonyl (C=O) groups is 1. The van der Waals surface area contributed by atoms with Crippen LogP contribution in [-0.2, 0) is 7.05 Å². The molecule has 0 fully saturated rings. The van der Waals surface area contributed by atoms with E-state index in [1.165, 1.54) is 11.7 Å². The van der Waals surface area contributed by atoms with Gasteiger partial charge in [0.15, 0.2) is 0 Å². The SMILES string of the molecule is Cn1nc(C(F)F)c(C(N)=O)c1-c1ccccc1-c1cccc(Cl)c1Cl. The molecule has 2 aromatic carbocycles. The van der Waals surface area contributed by atoms with Crippen LogP contribution in [0.4, 0.5) is 8.78 Å². The van der Waals surface area contributed by atoms with Gasteiger partial charge in [0.2, 0.25) is 0 Å². The Balaban J connectivity index is 2.34. The van der Waals surface area contributed by atoms with Gasteiger partial charge in [0.1, 0.15) is 5.69 Å². The number of alkyl halides is 2. The fraction of sp³-hybridized carbons (Fsp3) is 0.111. The third-order valence-corrected chi connectivity index (χ3v) is 4.77. The van der Waals surface area contributed by atoms with Crippen molar-refractivity contribution >= 4 is 29.1 Å². The van der Waals surface area contributed by atoms with Crippen LogP contribution in [-0.4, -0.2) is 15.7 Å². The molecule has 0 saturated carbocycles. The minimum atomic E-state index is -2.93. The van der Waals surface area contributed by atoms with Gasteiger partial charge in [-0.3, -0.25) is 9.48 Å². The lowest BCUT2D eigenvalue weighted by Crippen LogP contribution is -2.14. The molecule has 1 aromatic heterocycles. The maximum absolute atomic E-state index is 13.3. The van der Waals surface area contributed by atoms with E-state index >= 15 is 0 Å². The van der Waals surface area contributed by atoms with Crippen LogP contribution in [0, 0.1) is 0 Å².